The van der Waals surface area contributed by atoms with E-state index in [1.165, 1.54) is 12.8 Å². The molecule has 1 aliphatic heterocycles. The predicted octanol–water partition coefficient (Wildman–Crippen LogP) is 4.33. The van der Waals surface area contributed by atoms with Crippen molar-refractivity contribution in [3.8, 4) is 5.75 Å². The van der Waals surface area contributed by atoms with Gasteiger partial charge in [0.1, 0.15) is 5.75 Å². The maximum absolute atomic E-state index is 13.4. The number of hydrogen-bond acceptors (Lipinski definition) is 5. The Labute approximate surface area is 191 Å². The smallest absolute Gasteiger partial charge is 0.262 e. The minimum absolute atomic E-state index is 0.0988. The van der Waals surface area contributed by atoms with Crippen molar-refractivity contribution in [2.75, 3.05) is 25.1 Å². The third-order valence-electron chi connectivity index (χ3n) is 6.22. The summed E-state index contributed by atoms with van der Waals surface area (Å²) in [5.41, 5.74) is 1.81. The first kappa shape index (κ1) is 20.8. The Morgan fingerprint density at radius 2 is 1.75 bits per heavy atom. The fourth-order valence-electron chi connectivity index (χ4n) is 4.48. The summed E-state index contributed by atoms with van der Waals surface area (Å²) >= 11 is 6.27. The highest BCUT2D eigenvalue weighted by Gasteiger charge is 2.21. The Balaban J connectivity index is 1.62. The van der Waals surface area contributed by atoms with Gasteiger partial charge in [0, 0.05) is 24.7 Å². The van der Waals surface area contributed by atoms with E-state index < -0.39 is 0 Å². The van der Waals surface area contributed by atoms with Crippen LogP contribution in [0.25, 0.3) is 16.7 Å². The zero-order chi connectivity index (χ0) is 22.1. The fraction of sp³-hybridized carbons (Fsp3) is 0.375. The molecule has 5 rings (SSSR count). The van der Waals surface area contributed by atoms with Crippen molar-refractivity contribution in [3.05, 3.63) is 63.4 Å². The number of hydrogen-bond donors (Lipinski definition) is 0. The Morgan fingerprint density at radius 1 is 1.00 bits per heavy atom. The molecule has 8 heteroatoms. The quantitative estimate of drug-likeness (QED) is 0.452. The van der Waals surface area contributed by atoms with Crippen LogP contribution in [0.15, 0.2) is 47.3 Å². The van der Waals surface area contributed by atoms with Gasteiger partial charge in [-0.3, -0.25) is 9.36 Å². The number of benzene rings is 2. The molecule has 2 aromatic carbocycles. The Kier molecular flexibility index (Phi) is 5.74. The molecule has 0 saturated carbocycles. The summed E-state index contributed by atoms with van der Waals surface area (Å²) in [6.07, 6.45) is 5.43. The number of fused-ring (bicyclic) bond motifs is 3. The standard InChI is InChI=1S/C24H26ClN5O2/c1-32-19-9-6-17(7-10-19)12-15-29-22(31)20-16-18(25)8-11-21(20)30-23(26-27-24(29)30)28-13-4-2-3-5-14-28/h6-11,16H,2-5,12-15H2,1H3. The first-order valence-corrected chi connectivity index (χ1v) is 11.5. The average molecular weight is 452 g/mol. The maximum Gasteiger partial charge on any atom is 0.262 e. The topological polar surface area (TPSA) is 64.7 Å². The zero-order valence-corrected chi connectivity index (χ0v) is 18.9. The van der Waals surface area contributed by atoms with Crippen molar-refractivity contribution in [2.45, 2.75) is 38.6 Å². The van der Waals surface area contributed by atoms with Gasteiger partial charge in [-0.1, -0.05) is 36.6 Å². The lowest BCUT2D eigenvalue weighted by molar-refractivity contribution is 0.414. The molecule has 1 saturated heterocycles. The third kappa shape index (κ3) is 3.81. The van der Waals surface area contributed by atoms with Gasteiger partial charge in [0.25, 0.3) is 5.56 Å². The second-order valence-electron chi connectivity index (χ2n) is 8.25. The van der Waals surface area contributed by atoms with E-state index in [1.807, 2.05) is 40.8 Å². The van der Waals surface area contributed by atoms with Crippen molar-refractivity contribution in [1.29, 1.82) is 0 Å². The summed E-state index contributed by atoms with van der Waals surface area (Å²) in [6.45, 7) is 2.39. The third-order valence-corrected chi connectivity index (χ3v) is 6.45. The summed E-state index contributed by atoms with van der Waals surface area (Å²) in [4.78, 5) is 15.7. The molecule has 0 unspecified atom stereocenters. The molecule has 32 heavy (non-hydrogen) atoms. The zero-order valence-electron chi connectivity index (χ0n) is 18.1. The summed E-state index contributed by atoms with van der Waals surface area (Å²) < 4.78 is 8.98. The van der Waals surface area contributed by atoms with Crippen LogP contribution < -0.4 is 15.2 Å². The van der Waals surface area contributed by atoms with Gasteiger partial charge in [-0.15, -0.1) is 10.2 Å². The molecule has 2 aromatic heterocycles. The number of anilines is 1. The van der Waals surface area contributed by atoms with Crippen molar-refractivity contribution >= 4 is 34.2 Å². The van der Waals surface area contributed by atoms with Gasteiger partial charge >= 0.3 is 0 Å². The van der Waals surface area contributed by atoms with E-state index in [-0.39, 0.29) is 5.56 Å². The molecule has 0 atom stereocenters. The van der Waals surface area contributed by atoms with Gasteiger partial charge in [0.05, 0.1) is 18.0 Å². The molecule has 0 spiro atoms. The fourth-order valence-corrected chi connectivity index (χ4v) is 4.65. The van der Waals surface area contributed by atoms with Gasteiger partial charge in [-0.05, 0) is 55.2 Å². The molecule has 3 heterocycles. The highest BCUT2D eigenvalue weighted by molar-refractivity contribution is 6.31. The molecule has 1 aliphatic rings. The van der Waals surface area contributed by atoms with E-state index in [1.54, 1.807) is 17.7 Å². The van der Waals surface area contributed by atoms with Crippen LogP contribution in [0.1, 0.15) is 31.2 Å². The second kappa shape index (κ2) is 8.82. The number of aromatic nitrogens is 4. The van der Waals surface area contributed by atoms with Gasteiger partial charge < -0.3 is 9.64 Å². The normalized spacial score (nSPS) is 14.8. The summed E-state index contributed by atoms with van der Waals surface area (Å²) in [7, 11) is 1.65. The summed E-state index contributed by atoms with van der Waals surface area (Å²) in [6, 6.07) is 13.4. The lowest BCUT2D eigenvalue weighted by Crippen LogP contribution is -2.28. The number of nitrogens with zero attached hydrogens (tertiary/aromatic N) is 5. The highest BCUT2D eigenvalue weighted by atomic mass is 35.5. The van der Waals surface area contributed by atoms with Crippen LogP contribution in [0.3, 0.4) is 0 Å². The average Bonchev–Trinajstić information content (AvgIpc) is 3.07. The molecule has 4 aromatic rings. The Hall–Kier alpha value is -3.06. The molecule has 0 amide bonds. The lowest BCUT2D eigenvalue weighted by atomic mass is 10.1. The second-order valence-corrected chi connectivity index (χ2v) is 8.69. The van der Waals surface area contributed by atoms with Gasteiger partial charge in [0.15, 0.2) is 0 Å². The predicted molar refractivity (Wildman–Crippen MR) is 127 cm³/mol. The van der Waals surface area contributed by atoms with Crippen LogP contribution in [0.4, 0.5) is 5.95 Å². The van der Waals surface area contributed by atoms with Crippen LogP contribution in [-0.4, -0.2) is 39.4 Å². The highest BCUT2D eigenvalue weighted by Crippen LogP contribution is 2.24. The van der Waals surface area contributed by atoms with E-state index >= 15 is 0 Å². The van der Waals surface area contributed by atoms with E-state index in [4.69, 9.17) is 16.3 Å². The molecule has 0 aliphatic carbocycles. The van der Waals surface area contributed by atoms with Crippen molar-refractivity contribution in [2.24, 2.45) is 0 Å². The van der Waals surface area contributed by atoms with E-state index in [0.29, 0.717) is 29.2 Å². The number of rotatable bonds is 5. The number of aryl methyl sites for hydroxylation is 2. The minimum Gasteiger partial charge on any atom is -0.497 e. The maximum atomic E-state index is 13.4. The van der Waals surface area contributed by atoms with Gasteiger partial charge in [-0.2, -0.15) is 0 Å². The Bertz CT molecular complexity index is 1300. The first-order chi connectivity index (χ1) is 15.7. The van der Waals surface area contributed by atoms with Crippen molar-refractivity contribution < 1.29 is 4.74 Å². The Morgan fingerprint density at radius 3 is 2.47 bits per heavy atom. The molecule has 7 nitrogen and oxygen atoms in total. The van der Waals surface area contributed by atoms with E-state index in [0.717, 1.165) is 48.7 Å². The van der Waals surface area contributed by atoms with Crippen molar-refractivity contribution in [3.63, 3.8) is 0 Å². The molecular weight excluding hydrogens is 426 g/mol. The first-order valence-electron chi connectivity index (χ1n) is 11.1. The van der Waals surface area contributed by atoms with Gasteiger partial charge in [-0.25, -0.2) is 4.40 Å². The molecule has 1 fully saturated rings. The monoisotopic (exact) mass is 451 g/mol. The van der Waals surface area contributed by atoms with Crippen LogP contribution in [0.5, 0.6) is 5.75 Å². The molecule has 0 radical (unpaired) electrons. The lowest BCUT2D eigenvalue weighted by Gasteiger charge is -2.21. The van der Waals surface area contributed by atoms with E-state index in [2.05, 4.69) is 15.1 Å². The SMILES string of the molecule is COc1ccc(CCn2c(=O)c3cc(Cl)ccc3n3c(N4CCCCCC4)nnc23)cc1. The molecule has 166 valence electrons. The molecule has 0 bridgehead atoms. The molecule has 0 N–H and O–H groups in total. The summed E-state index contributed by atoms with van der Waals surface area (Å²) in [5, 5.41) is 10.1. The van der Waals surface area contributed by atoms with Gasteiger partial charge in [0.2, 0.25) is 11.7 Å². The number of ether oxygens (including phenoxy) is 1. The summed E-state index contributed by atoms with van der Waals surface area (Å²) in [5.74, 6) is 2.18. The van der Waals surface area contributed by atoms with Crippen LogP contribution in [0, 0.1) is 0 Å². The van der Waals surface area contributed by atoms with Crippen molar-refractivity contribution in [1.82, 2.24) is 19.2 Å². The molecular formula is C24H26ClN5O2. The van der Waals surface area contributed by atoms with E-state index in [9.17, 15) is 4.79 Å². The largest absolute Gasteiger partial charge is 0.497 e. The number of methoxy groups -OCH3 is 1. The van der Waals surface area contributed by atoms with Crippen LogP contribution in [0.2, 0.25) is 5.02 Å². The minimum atomic E-state index is -0.0988. The number of halogens is 1. The van der Waals surface area contributed by atoms with Crippen LogP contribution in [-0.2, 0) is 13.0 Å². The van der Waals surface area contributed by atoms with Crippen LogP contribution >= 0.6 is 11.6 Å².